The Labute approximate surface area is 115 Å². The van der Waals surface area contributed by atoms with E-state index in [1.54, 1.807) is 6.07 Å². The number of carbonyl (C=O) groups is 1. The van der Waals surface area contributed by atoms with Crippen LogP contribution in [0.2, 0.25) is 0 Å². The van der Waals surface area contributed by atoms with Crippen LogP contribution in [0.25, 0.3) is 10.9 Å². The van der Waals surface area contributed by atoms with E-state index in [4.69, 9.17) is 5.90 Å². The summed E-state index contributed by atoms with van der Waals surface area (Å²) in [6, 6.07) is 4.60. The number of pyridine rings is 1. The average molecular weight is 275 g/mol. The molecule has 20 heavy (non-hydrogen) atoms. The molecule has 5 nitrogen and oxygen atoms in total. The fourth-order valence-corrected chi connectivity index (χ4v) is 2.46. The Morgan fingerprint density at radius 1 is 1.45 bits per heavy atom. The van der Waals surface area contributed by atoms with Crippen LogP contribution in [0.15, 0.2) is 24.4 Å². The molecule has 0 amide bonds. The Balaban J connectivity index is 2.02. The fraction of sp³-hybridized carbons (Fsp3) is 0.286. The van der Waals surface area contributed by atoms with Crippen LogP contribution in [0.1, 0.15) is 17.3 Å². The maximum Gasteiger partial charge on any atom is 0.358 e. The molecule has 1 saturated heterocycles. The van der Waals surface area contributed by atoms with E-state index in [0.717, 1.165) is 13.1 Å². The Hall–Kier alpha value is -2.21. The predicted octanol–water partition coefficient (Wildman–Crippen LogP) is 1.86. The number of hydrogen-bond acceptors (Lipinski definition) is 5. The molecule has 0 radical (unpaired) electrons. The van der Waals surface area contributed by atoms with Gasteiger partial charge in [0.2, 0.25) is 0 Å². The van der Waals surface area contributed by atoms with Gasteiger partial charge in [0.15, 0.2) is 0 Å². The highest BCUT2D eigenvalue weighted by Gasteiger charge is 2.25. The highest BCUT2D eigenvalue weighted by atomic mass is 19.1. The van der Waals surface area contributed by atoms with Gasteiger partial charge >= 0.3 is 5.97 Å². The maximum absolute atomic E-state index is 14.1. The summed E-state index contributed by atoms with van der Waals surface area (Å²) in [6.45, 7) is 3.82. The number of fused-ring (bicyclic) bond motifs is 1. The normalized spacial score (nSPS) is 15.2. The minimum absolute atomic E-state index is 0.199. The van der Waals surface area contributed by atoms with Crippen LogP contribution in [-0.4, -0.2) is 24.0 Å². The topological polar surface area (TPSA) is 68.5 Å². The van der Waals surface area contributed by atoms with E-state index in [0.29, 0.717) is 22.5 Å². The molecular formula is C14H14FN3O2. The van der Waals surface area contributed by atoms with Crippen LogP contribution in [0.4, 0.5) is 10.1 Å². The fourth-order valence-electron chi connectivity index (χ4n) is 2.46. The van der Waals surface area contributed by atoms with E-state index >= 15 is 0 Å². The van der Waals surface area contributed by atoms with Crippen molar-refractivity contribution in [3.63, 3.8) is 0 Å². The number of aromatic nitrogens is 1. The summed E-state index contributed by atoms with van der Waals surface area (Å²) in [5, 5.41) is 0.544. The van der Waals surface area contributed by atoms with E-state index in [9.17, 15) is 9.18 Å². The zero-order chi connectivity index (χ0) is 14.3. The van der Waals surface area contributed by atoms with E-state index < -0.39 is 5.97 Å². The van der Waals surface area contributed by atoms with Crippen LogP contribution in [-0.2, 0) is 4.84 Å². The van der Waals surface area contributed by atoms with Crippen LogP contribution in [0.3, 0.4) is 0 Å². The molecule has 0 unspecified atom stereocenters. The van der Waals surface area contributed by atoms with Gasteiger partial charge in [-0.05, 0) is 24.1 Å². The van der Waals surface area contributed by atoms with Crippen molar-refractivity contribution >= 4 is 22.6 Å². The molecule has 6 heteroatoms. The van der Waals surface area contributed by atoms with Gasteiger partial charge in [0, 0.05) is 24.7 Å². The van der Waals surface area contributed by atoms with Gasteiger partial charge in [-0.1, -0.05) is 6.92 Å². The van der Waals surface area contributed by atoms with E-state index in [1.165, 1.54) is 18.3 Å². The molecule has 0 atom stereocenters. The molecule has 1 aromatic carbocycles. The van der Waals surface area contributed by atoms with Crippen molar-refractivity contribution in [1.82, 2.24) is 4.98 Å². The first kappa shape index (κ1) is 12.8. The van der Waals surface area contributed by atoms with Gasteiger partial charge in [-0.3, -0.25) is 4.98 Å². The third kappa shape index (κ3) is 2.08. The van der Waals surface area contributed by atoms with Crippen molar-refractivity contribution in [2.45, 2.75) is 6.92 Å². The van der Waals surface area contributed by atoms with Crippen LogP contribution < -0.4 is 10.8 Å². The predicted molar refractivity (Wildman–Crippen MR) is 72.7 cm³/mol. The lowest BCUT2D eigenvalue weighted by Gasteiger charge is -2.39. The molecule has 1 aliphatic rings. The number of benzene rings is 1. The Bertz CT molecular complexity index is 683. The monoisotopic (exact) mass is 275 g/mol. The molecule has 1 aromatic heterocycles. The number of hydrogen-bond donors (Lipinski definition) is 1. The summed E-state index contributed by atoms with van der Waals surface area (Å²) < 4.78 is 14.1. The second kappa shape index (κ2) is 4.72. The minimum atomic E-state index is -0.694. The molecule has 2 aromatic rings. The molecule has 0 bridgehead atoms. The zero-order valence-corrected chi connectivity index (χ0v) is 11.0. The van der Waals surface area contributed by atoms with Gasteiger partial charge < -0.3 is 9.74 Å². The molecule has 1 aliphatic heterocycles. The van der Waals surface area contributed by atoms with E-state index in [-0.39, 0.29) is 11.4 Å². The molecule has 3 rings (SSSR count). The average Bonchev–Trinajstić information content (AvgIpc) is 2.42. The Morgan fingerprint density at radius 3 is 2.85 bits per heavy atom. The summed E-state index contributed by atoms with van der Waals surface area (Å²) in [7, 11) is 0. The molecular weight excluding hydrogens is 261 g/mol. The van der Waals surface area contributed by atoms with Gasteiger partial charge in [-0.15, -0.1) is 0 Å². The third-order valence-corrected chi connectivity index (χ3v) is 3.50. The lowest BCUT2D eigenvalue weighted by Crippen LogP contribution is -2.45. The highest BCUT2D eigenvalue weighted by Crippen LogP contribution is 2.30. The summed E-state index contributed by atoms with van der Waals surface area (Å²) in [5.74, 6) is 4.40. The standard InChI is InChI=1S/C14H14FN3O2/c1-8-6-18(7-8)13-4-12-9(3-11(13)15)2-10(5-17-12)14(19)20-16/h2-5,8H,6-7,16H2,1H3. The van der Waals surface area contributed by atoms with Crippen molar-refractivity contribution in [2.24, 2.45) is 11.8 Å². The lowest BCUT2D eigenvalue weighted by molar-refractivity contribution is 0.0503. The van der Waals surface area contributed by atoms with Crippen molar-refractivity contribution in [3.05, 3.63) is 35.8 Å². The molecule has 104 valence electrons. The summed E-state index contributed by atoms with van der Waals surface area (Å²) in [4.78, 5) is 21.6. The number of anilines is 1. The van der Waals surface area contributed by atoms with Crippen LogP contribution in [0, 0.1) is 11.7 Å². The van der Waals surface area contributed by atoms with Crippen molar-refractivity contribution < 1.29 is 14.0 Å². The number of nitrogens with zero attached hydrogens (tertiary/aromatic N) is 2. The highest BCUT2D eigenvalue weighted by molar-refractivity contribution is 5.94. The second-order valence-electron chi connectivity index (χ2n) is 5.14. The van der Waals surface area contributed by atoms with E-state index in [1.807, 2.05) is 4.90 Å². The quantitative estimate of drug-likeness (QED) is 0.847. The van der Waals surface area contributed by atoms with Crippen LogP contribution in [0.5, 0.6) is 0 Å². The van der Waals surface area contributed by atoms with Crippen molar-refractivity contribution in [2.75, 3.05) is 18.0 Å². The smallest absolute Gasteiger partial charge is 0.358 e. The molecule has 2 heterocycles. The summed E-state index contributed by atoms with van der Waals surface area (Å²) in [6.07, 6.45) is 1.37. The third-order valence-electron chi connectivity index (χ3n) is 3.50. The zero-order valence-electron chi connectivity index (χ0n) is 11.0. The number of nitrogens with two attached hydrogens (primary N) is 1. The van der Waals surface area contributed by atoms with Gasteiger partial charge in [-0.2, -0.15) is 5.90 Å². The van der Waals surface area contributed by atoms with Crippen LogP contribution >= 0.6 is 0 Å². The molecule has 2 N–H and O–H groups in total. The maximum atomic E-state index is 14.1. The minimum Gasteiger partial charge on any atom is -0.370 e. The number of carbonyl (C=O) groups excluding carboxylic acids is 1. The van der Waals surface area contributed by atoms with Gasteiger partial charge in [0.25, 0.3) is 0 Å². The largest absolute Gasteiger partial charge is 0.370 e. The van der Waals surface area contributed by atoms with Gasteiger partial charge in [0.1, 0.15) is 5.82 Å². The first-order valence-electron chi connectivity index (χ1n) is 6.34. The van der Waals surface area contributed by atoms with Crippen molar-refractivity contribution in [3.8, 4) is 0 Å². The molecule has 0 saturated carbocycles. The Kier molecular flexibility index (Phi) is 3.02. The first-order valence-corrected chi connectivity index (χ1v) is 6.34. The number of rotatable bonds is 2. The molecule has 0 aliphatic carbocycles. The summed E-state index contributed by atoms with van der Waals surface area (Å²) >= 11 is 0. The lowest BCUT2D eigenvalue weighted by atomic mass is 10.0. The molecule has 1 fully saturated rings. The van der Waals surface area contributed by atoms with Crippen molar-refractivity contribution in [1.29, 1.82) is 0 Å². The first-order chi connectivity index (χ1) is 9.58. The summed E-state index contributed by atoms with van der Waals surface area (Å²) in [5.41, 5.74) is 1.39. The SMILES string of the molecule is CC1CN(c2cc3ncc(C(=O)ON)cc3cc2F)C1. The van der Waals surface area contributed by atoms with Gasteiger partial charge in [0.05, 0.1) is 16.8 Å². The van der Waals surface area contributed by atoms with E-state index in [2.05, 4.69) is 16.7 Å². The Morgan fingerprint density at radius 2 is 2.20 bits per heavy atom. The number of halogens is 1. The second-order valence-corrected chi connectivity index (χ2v) is 5.14. The van der Waals surface area contributed by atoms with Gasteiger partial charge in [-0.25, -0.2) is 9.18 Å². The molecule has 0 spiro atoms.